The summed E-state index contributed by atoms with van der Waals surface area (Å²) in [5, 5.41) is 15.2. The number of aromatic nitrogens is 3. The van der Waals surface area contributed by atoms with E-state index in [1.807, 2.05) is 24.3 Å². The van der Waals surface area contributed by atoms with E-state index in [4.69, 9.17) is 0 Å². The molecule has 0 spiro atoms. The summed E-state index contributed by atoms with van der Waals surface area (Å²) in [4.78, 5) is 12.2. The van der Waals surface area contributed by atoms with Crippen molar-refractivity contribution in [2.24, 2.45) is 5.92 Å². The fourth-order valence-electron chi connectivity index (χ4n) is 4.13. The molecule has 1 aromatic carbocycles. The minimum Gasteiger partial charge on any atom is -0.326 e. The molecule has 0 saturated carbocycles. The summed E-state index contributed by atoms with van der Waals surface area (Å²) in [6.07, 6.45) is 8.60. The first-order chi connectivity index (χ1) is 13.3. The number of benzene rings is 1. The summed E-state index contributed by atoms with van der Waals surface area (Å²) in [6.45, 7) is 3.16. The number of fused-ring (bicyclic) bond motifs is 1. The van der Waals surface area contributed by atoms with Gasteiger partial charge in [-0.3, -0.25) is 4.79 Å². The first-order valence-electron chi connectivity index (χ1n) is 10.3. The number of anilines is 1. The fourth-order valence-corrected chi connectivity index (χ4v) is 4.13. The van der Waals surface area contributed by atoms with Gasteiger partial charge in [0.1, 0.15) is 5.82 Å². The first kappa shape index (κ1) is 20.8. The number of hydrogen-bond acceptors (Lipinski definition) is 4. The Bertz CT molecular complexity index is 768. The van der Waals surface area contributed by atoms with Gasteiger partial charge < -0.3 is 15.2 Å². The predicted octanol–water partition coefficient (Wildman–Crippen LogP) is 3.81. The molecule has 1 saturated heterocycles. The third-order valence-electron chi connectivity index (χ3n) is 5.77. The largest absolute Gasteiger partial charge is 0.326 e. The number of nitrogens with one attached hydrogen (secondary N) is 2. The number of carbonyl (C=O) groups is 1. The van der Waals surface area contributed by atoms with Gasteiger partial charge in [0.2, 0.25) is 5.91 Å². The Labute approximate surface area is 172 Å². The standard InChI is InChI=1S/C21H29N5O.ClH/c27-20(10-5-16-11-13-22-14-12-16)23-18-8-6-17(7-9-18)21-25-24-19-4-2-1-3-15-26(19)21;/h6-9,16,22H,1-5,10-15H2,(H,23,27);1H. The van der Waals surface area contributed by atoms with Gasteiger partial charge in [0.05, 0.1) is 0 Å². The summed E-state index contributed by atoms with van der Waals surface area (Å²) < 4.78 is 2.25. The van der Waals surface area contributed by atoms with Crippen LogP contribution in [0.5, 0.6) is 0 Å². The van der Waals surface area contributed by atoms with Gasteiger partial charge in [0, 0.05) is 30.6 Å². The Morgan fingerprint density at radius 2 is 1.89 bits per heavy atom. The number of carbonyl (C=O) groups excluding carboxylic acids is 1. The van der Waals surface area contributed by atoms with E-state index in [0.29, 0.717) is 12.3 Å². The number of aryl methyl sites for hydroxylation is 1. The van der Waals surface area contributed by atoms with Crippen molar-refractivity contribution in [3.05, 3.63) is 30.1 Å². The monoisotopic (exact) mass is 403 g/mol. The Morgan fingerprint density at radius 3 is 2.68 bits per heavy atom. The average Bonchev–Trinajstić information content (AvgIpc) is 2.96. The average molecular weight is 404 g/mol. The molecule has 0 atom stereocenters. The Kier molecular flexibility index (Phi) is 7.45. The number of halogens is 1. The van der Waals surface area contributed by atoms with E-state index in [-0.39, 0.29) is 18.3 Å². The molecule has 0 unspecified atom stereocenters. The molecule has 0 bridgehead atoms. The zero-order valence-electron chi connectivity index (χ0n) is 16.3. The molecule has 4 rings (SSSR count). The van der Waals surface area contributed by atoms with E-state index >= 15 is 0 Å². The van der Waals surface area contributed by atoms with E-state index < -0.39 is 0 Å². The topological polar surface area (TPSA) is 71.8 Å². The Morgan fingerprint density at radius 1 is 1.11 bits per heavy atom. The molecular formula is C21H30ClN5O. The van der Waals surface area contributed by atoms with Crippen molar-refractivity contribution in [2.45, 2.75) is 57.9 Å². The van der Waals surface area contributed by atoms with E-state index in [1.54, 1.807) is 0 Å². The highest BCUT2D eigenvalue weighted by atomic mass is 35.5. The highest BCUT2D eigenvalue weighted by Crippen LogP contribution is 2.24. The molecule has 152 valence electrons. The molecule has 0 aliphatic carbocycles. The Balaban J connectivity index is 0.00000225. The molecule has 1 fully saturated rings. The molecule has 2 aliphatic heterocycles. The number of piperidine rings is 1. The van der Waals surface area contributed by atoms with Gasteiger partial charge in [-0.1, -0.05) is 6.42 Å². The third kappa shape index (κ3) is 5.11. The van der Waals surface area contributed by atoms with Crippen molar-refractivity contribution in [3.8, 4) is 11.4 Å². The van der Waals surface area contributed by atoms with Gasteiger partial charge >= 0.3 is 0 Å². The molecule has 1 aromatic heterocycles. The fraction of sp³-hybridized carbons (Fsp3) is 0.571. The maximum Gasteiger partial charge on any atom is 0.224 e. The van der Waals surface area contributed by atoms with Crippen molar-refractivity contribution in [2.75, 3.05) is 18.4 Å². The molecule has 2 aromatic rings. The molecule has 0 radical (unpaired) electrons. The minimum absolute atomic E-state index is 0. The lowest BCUT2D eigenvalue weighted by Crippen LogP contribution is -2.28. The van der Waals surface area contributed by atoms with Crippen LogP contribution < -0.4 is 10.6 Å². The minimum atomic E-state index is 0. The zero-order chi connectivity index (χ0) is 18.5. The van der Waals surface area contributed by atoms with Gasteiger partial charge in [0.25, 0.3) is 0 Å². The smallest absolute Gasteiger partial charge is 0.224 e. The summed E-state index contributed by atoms with van der Waals surface area (Å²) in [5.41, 5.74) is 1.91. The number of amides is 1. The molecule has 2 aliphatic rings. The maximum atomic E-state index is 12.2. The van der Waals surface area contributed by atoms with Crippen LogP contribution in [0, 0.1) is 5.92 Å². The van der Waals surface area contributed by atoms with E-state index in [9.17, 15) is 4.79 Å². The van der Waals surface area contributed by atoms with Crippen molar-refractivity contribution in [3.63, 3.8) is 0 Å². The van der Waals surface area contributed by atoms with Crippen molar-refractivity contribution in [1.82, 2.24) is 20.1 Å². The summed E-state index contributed by atoms with van der Waals surface area (Å²) in [5.74, 6) is 2.83. The molecule has 7 heteroatoms. The van der Waals surface area contributed by atoms with Crippen LogP contribution in [0.15, 0.2) is 24.3 Å². The highest BCUT2D eigenvalue weighted by Gasteiger charge is 2.17. The van der Waals surface area contributed by atoms with Crippen LogP contribution in [-0.2, 0) is 17.8 Å². The third-order valence-corrected chi connectivity index (χ3v) is 5.77. The lowest BCUT2D eigenvalue weighted by molar-refractivity contribution is -0.116. The van der Waals surface area contributed by atoms with E-state index in [2.05, 4.69) is 25.4 Å². The van der Waals surface area contributed by atoms with Crippen LogP contribution in [0.25, 0.3) is 11.4 Å². The summed E-state index contributed by atoms with van der Waals surface area (Å²) in [6, 6.07) is 8.00. The van der Waals surface area contributed by atoms with Crippen LogP contribution in [-0.4, -0.2) is 33.8 Å². The van der Waals surface area contributed by atoms with Crippen molar-refractivity contribution < 1.29 is 4.79 Å². The van der Waals surface area contributed by atoms with Gasteiger partial charge in [-0.15, -0.1) is 22.6 Å². The number of nitrogens with zero attached hydrogens (tertiary/aromatic N) is 3. The van der Waals surface area contributed by atoms with Crippen molar-refractivity contribution >= 4 is 24.0 Å². The Hall–Kier alpha value is -1.92. The molecule has 6 nitrogen and oxygen atoms in total. The summed E-state index contributed by atoms with van der Waals surface area (Å²) in [7, 11) is 0. The number of rotatable bonds is 5. The maximum absolute atomic E-state index is 12.2. The first-order valence-corrected chi connectivity index (χ1v) is 10.3. The van der Waals surface area contributed by atoms with Crippen LogP contribution in [0.3, 0.4) is 0 Å². The zero-order valence-corrected chi connectivity index (χ0v) is 17.1. The predicted molar refractivity (Wildman–Crippen MR) is 114 cm³/mol. The molecule has 3 heterocycles. The SMILES string of the molecule is Cl.O=C(CCC1CCNCC1)Nc1ccc(-c2nnc3n2CCCCC3)cc1. The highest BCUT2D eigenvalue weighted by molar-refractivity contribution is 5.90. The number of hydrogen-bond donors (Lipinski definition) is 2. The van der Waals surface area contributed by atoms with Crippen LogP contribution in [0.2, 0.25) is 0 Å². The van der Waals surface area contributed by atoms with Gasteiger partial charge in [-0.25, -0.2) is 0 Å². The van der Waals surface area contributed by atoms with Gasteiger partial charge in [0.15, 0.2) is 5.82 Å². The second kappa shape index (κ2) is 10.0. The van der Waals surface area contributed by atoms with Crippen molar-refractivity contribution in [1.29, 1.82) is 0 Å². The van der Waals surface area contributed by atoms with E-state index in [0.717, 1.165) is 55.4 Å². The van der Waals surface area contributed by atoms with Crippen LogP contribution in [0.1, 0.15) is 50.8 Å². The lowest BCUT2D eigenvalue weighted by atomic mass is 9.93. The molecule has 28 heavy (non-hydrogen) atoms. The quantitative estimate of drug-likeness (QED) is 0.796. The molecule has 2 N–H and O–H groups in total. The van der Waals surface area contributed by atoms with Crippen LogP contribution in [0.4, 0.5) is 5.69 Å². The van der Waals surface area contributed by atoms with Gasteiger partial charge in [-0.2, -0.15) is 0 Å². The molecule has 1 amide bonds. The van der Waals surface area contributed by atoms with E-state index in [1.165, 1.54) is 32.1 Å². The van der Waals surface area contributed by atoms with Gasteiger partial charge in [-0.05, 0) is 75.4 Å². The second-order valence-corrected chi connectivity index (χ2v) is 7.76. The molecular weight excluding hydrogens is 374 g/mol. The normalized spacial score (nSPS) is 17.3. The lowest BCUT2D eigenvalue weighted by Gasteiger charge is -2.22. The summed E-state index contributed by atoms with van der Waals surface area (Å²) >= 11 is 0. The van der Waals surface area contributed by atoms with Crippen LogP contribution >= 0.6 is 12.4 Å². The second-order valence-electron chi connectivity index (χ2n) is 7.76.